The molecular formula is C26H25BrN2O4. The van der Waals surface area contributed by atoms with Gasteiger partial charge in [0.15, 0.2) is 0 Å². The van der Waals surface area contributed by atoms with Gasteiger partial charge in [0.05, 0.1) is 19.4 Å². The van der Waals surface area contributed by atoms with Crippen LogP contribution < -0.4 is 4.74 Å². The number of benzene rings is 2. The van der Waals surface area contributed by atoms with Gasteiger partial charge in [-0.15, -0.1) is 0 Å². The molecule has 6 nitrogen and oxygen atoms in total. The number of aryl methyl sites for hydroxylation is 1. The molecule has 0 saturated heterocycles. The summed E-state index contributed by atoms with van der Waals surface area (Å²) in [6.07, 6.45) is 4.90. The summed E-state index contributed by atoms with van der Waals surface area (Å²) in [5, 5.41) is 0. The number of nitrogens with zero attached hydrogens (tertiary/aromatic N) is 2. The van der Waals surface area contributed by atoms with Gasteiger partial charge < -0.3 is 18.5 Å². The molecule has 2 heterocycles. The van der Waals surface area contributed by atoms with Crippen molar-refractivity contribution in [3.8, 4) is 17.2 Å². The molecule has 170 valence electrons. The maximum absolute atomic E-state index is 12.3. The Morgan fingerprint density at radius 1 is 1.12 bits per heavy atom. The molecule has 0 amide bonds. The lowest BCUT2D eigenvalue weighted by Crippen LogP contribution is -2.22. The fourth-order valence-electron chi connectivity index (χ4n) is 3.60. The third-order valence-corrected chi connectivity index (χ3v) is 5.85. The zero-order valence-corrected chi connectivity index (χ0v) is 20.1. The van der Waals surface area contributed by atoms with Crippen molar-refractivity contribution >= 4 is 21.9 Å². The van der Waals surface area contributed by atoms with Crippen molar-refractivity contribution in [2.24, 2.45) is 0 Å². The molecule has 2 aromatic heterocycles. The van der Waals surface area contributed by atoms with E-state index in [0.29, 0.717) is 25.3 Å². The molecule has 0 aliphatic rings. The van der Waals surface area contributed by atoms with Gasteiger partial charge in [-0.05, 0) is 58.7 Å². The second-order valence-electron chi connectivity index (χ2n) is 7.65. The van der Waals surface area contributed by atoms with Gasteiger partial charge in [0.1, 0.15) is 17.6 Å². The minimum absolute atomic E-state index is 0.281. The highest BCUT2D eigenvalue weighted by Crippen LogP contribution is 2.23. The number of oxazole rings is 1. The summed E-state index contributed by atoms with van der Waals surface area (Å²) < 4.78 is 19.5. The van der Waals surface area contributed by atoms with Gasteiger partial charge in [0, 0.05) is 35.3 Å². The quantitative estimate of drug-likeness (QED) is 0.267. The number of carbonyl (C=O) groups excluding carboxylic acids is 1. The van der Waals surface area contributed by atoms with E-state index in [-0.39, 0.29) is 5.97 Å². The van der Waals surface area contributed by atoms with Crippen LogP contribution in [0.3, 0.4) is 0 Å². The number of halogens is 1. The SMILES string of the molecule is COC(=O)[C@H](Cc1ccc(OCCc2nc(-c3ccccc3)oc2C)cc1)n1ccc(Br)c1. The van der Waals surface area contributed by atoms with E-state index in [1.807, 2.05) is 84.5 Å². The number of ether oxygens (including phenoxy) is 2. The van der Waals surface area contributed by atoms with Gasteiger partial charge in [0.2, 0.25) is 5.89 Å². The Kier molecular flexibility index (Phi) is 7.29. The van der Waals surface area contributed by atoms with Gasteiger partial charge in [-0.25, -0.2) is 9.78 Å². The van der Waals surface area contributed by atoms with Gasteiger partial charge in [-0.3, -0.25) is 0 Å². The summed E-state index contributed by atoms with van der Waals surface area (Å²) in [4.78, 5) is 16.9. The van der Waals surface area contributed by atoms with Gasteiger partial charge in [0.25, 0.3) is 0 Å². The fraction of sp³-hybridized carbons (Fsp3) is 0.231. The number of rotatable bonds is 9. The van der Waals surface area contributed by atoms with Crippen LogP contribution in [0.5, 0.6) is 5.75 Å². The van der Waals surface area contributed by atoms with Crippen LogP contribution in [0.2, 0.25) is 0 Å². The average molecular weight is 509 g/mol. The highest BCUT2D eigenvalue weighted by Gasteiger charge is 2.21. The maximum atomic E-state index is 12.3. The first-order valence-corrected chi connectivity index (χ1v) is 11.5. The van der Waals surface area contributed by atoms with Crippen LogP contribution >= 0.6 is 15.9 Å². The number of hydrogen-bond acceptors (Lipinski definition) is 5. The van der Waals surface area contributed by atoms with E-state index in [2.05, 4.69) is 20.9 Å². The largest absolute Gasteiger partial charge is 0.493 e. The second-order valence-corrected chi connectivity index (χ2v) is 8.57. The Bertz CT molecular complexity index is 1200. The molecule has 0 saturated carbocycles. The summed E-state index contributed by atoms with van der Waals surface area (Å²) in [6, 6.07) is 19.1. The van der Waals surface area contributed by atoms with Crippen molar-refractivity contribution in [3.05, 3.63) is 94.5 Å². The lowest BCUT2D eigenvalue weighted by atomic mass is 10.1. The molecule has 7 heteroatoms. The van der Waals surface area contributed by atoms with Crippen LogP contribution in [0.25, 0.3) is 11.5 Å². The summed E-state index contributed by atoms with van der Waals surface area (Å²) in [6.45, 7) is 2.41. The number of methoxy groups -OCH3 is 1. The van der Waals surface area contributed by atoms with E-state index >= 15 is 0 Å². The first-order valence-electron chi connectivity index (χ1n) is 10.7. The molecule has 1 atom stereocenters. The minimum atomic E-state index is -0.429. The van der Waals surface area contributed by atoms with Crippen molar-refractivity contribution in [1.29, 1.82) is 0 Å². The highest BCUT2D eigenvalue weighted by atomic mass is 79.9. The fourth-order valence-corrected chi connectivity index (χ4v) is 3.96. The molecule has 4 rings (SSSR count). The van der Waals surface area contributed by atoms with Crippen LogP contribution in [0.15, 0.2) is 81.9 Å². The number of hydrogen-bond donors (Lipinski definition) is 0. The number of esters is 1. The molecule has 0 fully saturated rings. The summed E-state index contributed by atoms with van der Waals surface area (Å²) in [5.41, 5.74) is 2.87. The van der Waals surface area contributed by atoms with E-state index in [0.717, 1.165) is 32.8 Å². The van der Waals surface area contributed by atoms with E-state index in [1.54, 1.807) is 0 Å². The van der Waals surface area contributed by atoms with Crippen LogP contribution in [-0.4, -0.2) is 29.2 Å². The molecule has 33 heavy (non-hydrogen) atoms. The second kappa shape index (κ2) is 10.5. The van der Waals surface area contributed by atoms with Crippen LogP contribution in [-0.2, 0) is 22.4 Å². The van der Waals surface area contributed by atoms with Crippen molar-refractivity contribution < 1.29 is 18.7 Å². The van der Waals surface area contributed by atoms with E-state index in [1.165, 1.54) is 7.11 Å². The zero-order chi connectivity index (χ0) is 23.2. The summed E-state index contributed by atoms with van der Waals surface area (Å²) in [7, 11) is 1.41. The van der Waals surface area contributed by atoms with Crippen LogP contribution in [0, 0.1) is 6.92 Å². The monoisotopic (exact) mass is 508 g/mol. The molecule has 4 aromatic rings. The highest BCUT2D eigenvalue weighted by molar-refractivity contribution is 9.10. The molecule has 2 aromatic carbocycles. The summed E-state index contributed by atoms with van der Waals surface area (Å²) >= 11 is 3.43. The Morgan fingerprint density at radius 3 is 2.55 bits per heavy atom. The number of aromatic nitrogens is 2. The van der Waals surface area contributed by atoms with Crippen molar-refractivity contribution in [2.45, 2.75) is 25.8 Å². The minimum Gasteiger partial charge on any atom is -0.493 e. The van der Waals surface area contributed by atoms with Crippen LogP contribution in [0.1, 0.15) is 23.1 Å². The third-order valence-electron chi connectivity index (χ3n) is 5.38. The van der Waals surface area contributed by atoms with E-state index in [9.17, 15) is 4.79 Å². The third kappa shape index (κ3) is 5.73. The first-order chi connectivity index (χ1) is 16.0. The predicted molar refractivity (Wildman–Crippen MR) is 129 cm³/mol. The lowest BCUT2D eigenvalue weighted by molar-refractivity contribution is -0.144. The molecule has 0 unspecified atom stereocenters. The van der Waals surface area contributed by atoms with E-state index < -0.39 is 6.04 Å². The first kappa shape index (κ1) is 22.9. The molecular weight excluding hydrogens is 484 g/mol. The lowest BCUT2D eigenvalue weighted by Gasteiger charge is -2.17. The normalized spacial score (nSPS) is 11.8. The van der Waals surface area contributed by atoms with Crippen molar-refractivity contribution in [3.63, 3.8) is 0 Å². The molecule has 0 spiro atoms. The summed E-state index contributed by atoms with van der Waals surface area (Å²) in [5.74, 6) is 1.92. The van der Waals surface area contributed by atoms with E-state index in [4.69, 9.17) is 13.9 Å². The number of carbonyl (C=O) groups is 1. The Balaban J connectivity index is 1.34. The zero-order valence-electron chi connectivity index (χ0n) is 18.5. The molecule has 0 aliphatic heterocycles. The smallest absolute Gasteiger partial charge is 0.329 e. The van der Waals surface area contributed by atoms with Gasteiger partial charge in [-0.2, -0.15) is 0 Å². The average Bonchev–Trinajstić information content (AvgIpc) is 3.44. The topological polar surface area (TPSA) is 66.5 Å². The molecule has 0 radical (unpaired) electrons. The van der Waals surface area contributed by atoms with Crippen molar-refractivity contribution in [1.82, 2.24) is 9.55 Å². The Hall–Kier alpha value is -3.32. The predicted octanol–water partition coefficient (Wildman–Crippen LogP) is 5.79. The van der Waals surface area contributed by atoms with Crippen molar-refractivity contribution in [2.75, 3.05) is 13.7 Å². The maximum Gasteiger partial charge on any atom is 0.329 e. The molecule has 0 bridgehead atoms. The molecule has 0 N–H and O–H groups in total. The van der Waals surface area contributed by atoms with Crippen LogP contribution in [0.4, 0.5) is 0 Å². The standard InChI is InChI=1S/C26H25BrN2O4/c1-18-23(28-25(33-18)20-6-4-3-5-7-20)13-15-32-22-10-8-19(9-11-22)16-24(26(30)31-2)29-14-12-21(27)17-29/h3-12,14,17,24H,13,15-16H2,1-2H3/t24-/m0/s1. The Labute approximate surface area is 201 Å². The van der Waals surface area contributed by atoms with Gasteiger partial charge >= 0.3 is 5.97 Å². The molecule has 0 aliphatic carbocycles. The van der Waals surface area contributed by atoms with Gasteiger partial charge in [-0.1, -0.05) is 30.3 Å². The Morgan fingerprint density at radius 2 is 1.88 bits per heavy atom.